The normalized spacial score (nSPS) is 10.7. The lowest BCUT2D eigenvalue weighted by Gasteiger charge is -2.17. The molecular formula is C70H88Cl2F8N22O20S11. The van der Waals surface area contributed by atoms with Gasteiger partial charge in [-0.15, -0.1) is 160 Å². The van der Waals surface area contributed by atoms with E-state index in [4.69, 9.17) is 56.4 Å². The molecule has 0 aromatic carbocycles. The van der Waals surface area contributed by atoms with Crippen LogP contribution in [0.4, 0.5) is 35.1 Å². The number of alkyl halides is 10. The molecule has 0 N–H and O–H groups in total. The Labute approximate surface area is 807 Å². The second-order valence-corrected chi connectivity index (χ2v) is 38.3. The highest BCUT2D eigenvalue weighted by Gasteiger charge is 2.62. The van der Waals surface area contributed by atoms with Crippen LogP contribution in [0, 0.1) is 76.2 Å². The van der Waals surface area contributed by atoms with Crippen LogP contribution in [0.2, 0.25) is 0 Å². The number of aryl methyl sites for hydroxylation is 11. The van der Waals surface area contributed by atoms with Crippen molar-refractivity contribution in [3.05, 3.63) is 111 Å². The fourth-order valence-corrected chi connectivity index (χ4v) is 13.0. The molecule has 0 aliphatic heterocycles. The molecule has 133 heavy (non-hydrogen) atoms. The van der Waals surface area contributed by atoms with Crippen molar-refractivity contribution in [2.75, 3.05) is 33.5 Å². The van der Waals surface area contributed by atoms with Gasteiger partial charge in [0.15, 0.2) is 0 Å². The van der Waals surface area contributed by atoms with E-state index in [0.29, 0.717) is 76.2 Å². The third-order valence-electron chi connectivity index (χ3n) is 12.6. The summed E-state index contributed by atoms with van der Waals surface area (Å²) >= 11 is 23.5. The fraction of sp³-hybridized carbons (Fsp3) is 0.543. The van der Waals surface area contributed by atoms with E-state index in [1.165, 1.54) is 100 Å². The van der Waals surface area contributed by atoms with Crippen molar-refractivity contribution in [2.24, 2.45) is 0 Å². The molecule has 0 spiro atoms. The maximum absolute atomic E-state index is 12.3. The lowest BCUT2D eigenvalue weighted by molar-refractivity contribution is -0.370. The SMILES string of the molecule is CCC(C)OC(=O)c1nnc(C)s1.CCC(CC)OC(=O)c1nnc(C)s1.CCCCOC(=O)c1nnc(C)s1.CCCOC(=O)c1nnc(C)s1.CCOC(=O)c1nnc(C)s1.COC(=O)c1nnc(C)s1.Cc1nnc(C(=O)OC(C)C)s1.Cc1nnc(C(=O)OC(F)(F)C(F)(F)F)s1.Cc1nnc(C(=O)OC(F)(F)F)s1.Cc1nnc(C(=O)OCC(Cl)Cl)s1.Cc1nncs1. The molecule has 42 nitrogen and oxygen atoms in total. The van der Waals surface area contributed by atoms with Gasteiger partial charge in [-0.2, -0.15) is 22.0 Å². The summed E-state index contributed by atoms with van der Waals surface area (Å²) in [5, 5.41) is 88.3. The highest BCUT2D eigenvalue weighted by atomic mass is 35.5. The topological polar surface area (TPSA) is 547 Å². The summed E-state index contributed by atoms with van der Waals surface area (Å²) in [5.41, 5.74) is 1.72. The highest BCUT2D eigenvalue weighted by molar-refractivity contribution is 7.16. The van der Waals surface area contributed by atoms with Crippen molar-refractivity contribution in [1.82, 2.24) is 112 Å². The van der Waals surface area contributed by atoms with Crippen LogP contribution in [0.1, 0.15) is 254 Å². The average molecular weight is 2130 g/mol. The predicted octanol–water partition coefficient (Wildman–Crippen LogP) is 16.6. The van der Waals surface area contributed by atoms with Crippen LogP contribution >= 0.6 is 148 Å². The molecule has 0 aliphatic carbocycles. The summed E-state index contributed by atoms with van der Waals surface area (Å²) in [5.74, 6) is -6.62. The van der Waals surface area contributed by atoms with Crippen LogP contribution in [0.5, 0.6) is 0 Å². The van der Waals surface area contributed by atoms with Gasteiger partial charge in [-0.1, -0.05) is 154 Å². The van der Waals surface area contributed by atoms with Crippen molar-refractivity contribution >= 4 is 208 Å². The van der Waals surface area contributed by atoms with E-state index in [2.05, 4.69) is 126 Å². The molecule has 0 bridgehead atoms. The number of halogens is 10. The zero-order valence-electron chi connectivity index (χ0n) is 74.2. The number of ether oxygens (including phenoxy) is 10. The Bertz CT molecular complexity index is 5300. The van der Waals surface area contributed by atoms with E-state index in [1.54, 1.807) is 86.1 Å². The van der Waals surface area contributed by atoms with Gasteiger partial charge in [0.1, 0.15) is 78.1 Å². The molecule has 0 amide bonds. The molecule has 11 rings (SSSR count). The first kappa shape index (κ1) is 121. The molecule has 11 aromatic rings. The Morgan fingerprint density at radius 1 is 0.338 bits per heavy atom. The van der Waals surface area contributed by atoms with E-state index in [0.717, 1.165) is 101 Å². The number of rotatable bonds is 25. The number of esters is 10. The number of unbranched alkanes of at least 4 members (excludes halogenated alkanes) is 1. The van der Waals surface area contributed by atoms with Crippen molar-refractivity contribution in [3.8, 4) is 0 Å². The largest absolute Gasteiger partial charge is 0.575 e. The Kier molecular flexibility index (Phi) is 58.1. The van der Waals surface area contributed by atoms with E-state index in [9.17, 15) is 83.1 Å². The maximum atomic E-state index is 12.3. The number of hydrogen-bond acceptors (Lipinski definition) is 53. The number of nitrogens with zero attached hydrogens (tertiary/aromatic N) is 22. The van der Waals surface area contributed by atoms with Crippen molar-refractivity contribution in [2.45, 2.75) is 219 Å². The third kappa shape index (κ3) is 52.4. The zero-order valence-corrected chi connectivity index (χ0v) is 84.7. The summed E-state index contributed by atoms with van der Waals surface area (Å²) in [6, 6.07) is 0. The van der Waals surface area contributed by atoms with E-state index < -0.39 is 69.3 Å². The first-order valence-electron chi connectivity index (χ1n) is 37.7. The van der Waals surface area contributed by atoms with Gasteiger partial charge in [0.25, 0.3) is 0 Å². The van der Waals surface area contributed by atoms with Crippen molar-refractivity contribution in [3.63, 3.8) is 0 Å². The van der Waals surface area contributed by atoms with Gasteiger partial charge in [-0.25, -0.2) is 47.9 Å². The molecule has 0 saturated carbocycles. The molecule has 1 unspecified atom stereocenters. The Morgan fingerprint density at radius 2 is 0.632 bits per heavy atom. The van der Waals surface area contributed by atoms with Gasteiger partial charge in [0, 0.05) is 0 Å². The molecule has 0 aliphatic rings. The van der Waals surface area contributed by atoms with Gasteiger partial charge in [0.2, 0.25) is 50.1 Å². The summed E-state index contributed by atoms with van der Waals surface area (Å²) in [6.45, 7) is 37.6. The smallest absolute Gasteiger partial charge is 0.464 e. The molecule has 734 valence electrons. The molecule has 63 heteroatoms. The van der Waals surface area contributed by atoms with E-state index in [1.807, 2.05) is 55.4 Å². The van der Waals surface area contributed by atoms with Gasteiger partial charge < -0.3 is 47.4 Å². The van der Waals surface area contributed by atoms with Crippen LogP contribution in [-0.2, 0) is 47.4 Å². The first-order valence-corrected chi connectivity index (χ1v) is 47.7. The fourth-order valence-electron chi connectivity index (χ4n) is 6.73. The van der Waals surface area contributed by atoms with E-state index in [-0.39, 0.29) is 58.8 Å². The minimum atomic E-state index is -5.96. The van der Waals surface area contributed by atoms with Crippen LogP contribution in [0.3, 0.4) is 0 Å². The van der Waals surface area contributed by atoms with Crippen LogP contribution in [0.15, 0.2) is 5.51 Å². The lowest BCUT2D eigenvalue weighted by Crippen LogP contribution is -2.40. The molecule has 1 atom stereocenters. The molecule has 0 fully saturated rings. The lowest BCUT2D eigenvalue weighted by atomic mass is 10.2. The van der Waals surface area contributed by atoms with Gasteiger partial charge >= 0.3 is 78.3 Å². The third-order valence-corrected chi connectivity index (χ3v) is 21.7. The quantitative estimate of drug-likeness (QED) is 0.0169. The second-order valence-electron chi connectivity index (χ2n) is 24.2. The van der Waals surface area contributed by atoms with Crippen molar-refractivity contribution in [1.29, 1.82) is 0 Å². The maximum Gasteiger partial charge on any atom is 0.575 e. The number of aromatic nitrogens is 22. The number of hydrogen-bond donors (Lipinski definition) is 0. The molecule has 0 saturated heterocycles. The number of carbonyl (C=O) groups is 10. The van der Waals surface area contributed by atoms with Crippen LogP contribution in [-0.4, -0.2) is 247 Å². The Hall–Kier alpha value is -10.1. The van der Waals surface area contributed by atoms with Crippen LogP contribution in [0.25, 0.3) is 0 Å². The van der Waals surface area contributed by atoms with Gasteiger partial charge in [0.05, 0.1) is 39.1 Å². The monoisotopic (exact) mass is 2130 g/mol. The summed E-state index contributed by atoms with van der Waals surface area (Å²) in [7, 11) is 1.32. The predicted molar refractivity (Wildman–Crippen MR) is 473 cm³/mol. The Morgan fingerprint density at radius 3 is 0.872 bits per heavy atom. The standard InChI is InChI=1S/C9H14N2O2S.2C8H12N2O2S.2C7H10N2O2S.C6H6Cl2N2O2S.C6H3F5N2O2S.C6H8N2O2S.C5H3F3N2O2S.C5H6N2O2S.C3H4N2S/c1-4-7(5-2)13-9(12)8-11-10-6(3)14-8;1-4-5(2)12-8(11)7-10-9-6(3)13-7;1-3-4-5-12-8(11)7-10-9-6(2)13-7;1-4(2)11-7(10)6-9-8-5(3)12-6;1-3-4-11-7(10)6-9-8-5(2)12-6;1-3-9-10-5(13-3)6(11)12-2-4(7)8;1-2-12-13-3(16-2)4(14)15-6(10,11)5(7,8)9;1-3-10-6(9)5-8-7-4(2)11-5;1-2-9-10-3(13-2)4(11)12-5(6,7)8;1-3-6-7-4(10-3)5(8)9-2;1-3-5-4-2-6-3/h7H,4-5H2,1-3H3;5H,4H2,1-3H3;3-5H2,1-2H3;4H,1-3H3;3-4H2,1-2H3;4H,2H2,1H3;1H3;3H2,1-2H3;1H3;1-2H3;2H,1H3. The van der Waals surface area contributed by atoms with Crippen LogP contribution < -0.4 is 0 Å². The number of carbonyl (C=O) groups excluding carboxylic acids is 10. The Balaban J connectivity index is 0.000000735. The minimum Gasteiger partial charge on any atom is -0.464 e. The summed E-state index contributed by atoms with van der Waals surface area (Å²) in [6.07, 6.45) is -11.4. The van der Waals surface area contributed by atoms with Gasteiger partial charge in [-0.05, 0) is 136 Å². The molecular weight excluding hydrogens is 2040 g/mol. The number of methoxy groups -OCH3 is 1. The molecule has 11 heterocycles. The second kappa shape index (κ2) is 63.9. The van der Waals surface area contributed by atoms with Crippen molar-refractivity contribution < 1.29 is 130 Å². The molecule has 11 aromatic heterocycles. The van der Waals surface area contributed by atoms with Gasteiger partial charge in [-0.3, -0.25) is 0 Å². The zero-order chi connectivity index (χ0) is 101. The highest BCUT2D eigenvalue weighted by Crippen LogP contribution is 2.37. The molecule has 0 radical (unpaired) electrons. The average Bonchev–Trinajstić information content (AvgIpc) is 1.73. The first-order chi connectivity index (χ1) is 62.3. The summed E-state index contributed by atoms with van der Waals surface area (Å²) in [4.78, 5) is 110. The minimum absolute atomic E-state index is 0.00768. The van der Waals surface area contributed by atoms with E-state index >= 15 is 0 Å². The summed E-state index contributed by atoms with van der Waals surface area (Å²) < 4.78 is 139.